The molecule has 3 aromatic carbocycles. The number of nitrogens with zero attached hydrogens (tertiary/aromatic N) is 2. The van der Waals surface area contributed by atoms with Crippen molar-refractivity contribution in [2.75, 3.05) is 13.1 Å². The Labute approximate surface area is 232 Å². The lowest BCUT2D eigenvalue weighted by atomic mass is 9.87. The summed E-state index contributed by atoms with van der Waals surface area (Å²) >= 11 is 0. The Bertz CT molecular complexity index is 1500. The fourth-order valence-corrected chi connectivity index (χ4v) is 6.33. The molecule has 0 radical (unpaired) electrons. The number of amides is 1. The number of benzene rings is 3. The first-order chi connectivity index (χ1) is 18.5. The Morgan fingerprint density at radius 3 is 2.18 bits per heavy atom. The van der Waals surface area contributed by atoms with Gasteiger partial charge >= 0.3 is 0 Å². The Balaban J connectivity index is 1.59. The molecule has 0 saturated heterocycles. The fraction of sp³-hybridized carbons (Fsp3) is 0.344. The molecule has 1 N–H and O–H groups in total. The topological polar surface area (TPSA) is 73.5 Å². The minimum Gasteiger partial charge on any atom is -0.361 e. The molecule has 4 rings (SSSR count). The number of hydrogen-bond donors (Lipinski definition) is 1. The van der Waals surface area contributed by atoms with Crippen LogP contribution in [0.2, 0.25) is 0 Å². The van der Waals surface area contributed by atoms with E-state index < -0.39 is 10.0 Å². The zero-order chi connectivity index (χ0) is 28.2. The first-order valence-corrected chi connectivity index (χ1v) is 14.9. The van der Waals surface area contributed by atoms with E-state index in [1.54, 1.807) is 49.1 Å². The number of H-pyrrole nitrogens is 1. The van der Waals surface area contributed by atoms with Gasteiger partial charge in [0.25, 0.3) is 0 Å². The SMILES string of the molecule is CC(C)N(CC(=O)N(CCc1c[nH]c2ccccc12)Cc1ccc(C(C)(C)C)cc1)S(=O)(=O)c1ccccc1. The van der Waals surface area contributed by atoms with E-state index in [1.165, 1.54) is 9.87 Å². The molecular formula is C32H39N3O3S. The van der Waals surface area contributed by atoms with Crippen LogP contribution >= 0.6 is 0 Å². The Morgan fingerprint density at radius 1 is 0.897 bits per heavy atom. The molecular weight excluding hydrogens is 506 g/mol. The summed E-state index contributed by atoms with van der Waals surface area (Å²) in [6.45, 7) is 10.8. The van der Waals surface area contributed by atoms with Gasteiger partial charge in [-0.15, -0.1) is 0 Å². The highest BCUT2D eigenvalue weighted by molar-refractivity contribution is 7.89. The zero-order valence-corrected chi connectivity index (χ0v) is 24.3. The van der Waals surface area contributed by atoms with E-state index in [0.717, 1.165) is 22.0 Å². The molecule has 6 nitrogen and oxygen atoms in total. The third-order valence-corrected chi connectivity index (χ3v) is 9.13. The smallest absolute Gasteiger partial charge is 0.243 e. The molecule has 1 amide bonds. The van der Waals surface area contributed by atoms with E-state index in [-0.39, 0.29) is 28.8 Å². The number of carbonyl (C=O) groups excluding carboxylic acids is 1. The van der Waals surface area contributed by atoms with E-state index in [1.807, 2.05) is 24.4 Å². The van der Waals surface area contributed by atoms with Gasteiger partial charge in [-0.05, 0) is 60.6 Å². The van der Waals surface area contributed by atoms with Crippen molar-refractivity contribution >= 4 is 26.8 Å². The second kappa shape index (κ2) is 11.8. The number of aromatic amines is 1. The Morgan fingerprint density at radius 2 is 1.54 bits per heavy atom. The second-order valence-corrected chi connectivity index (χ2v) is 13.2. The maximum atomic E-state index is 13.8. The molecule has 0 aliphatic carbocycles. The van der Waals surface area contributed by atoms with Crippen molar-refractivity contribution in [2.24, 2.45) is 0 Å². The van der Waals surface area contributed by atoms with E-state index in [0.29, 0.717) is 19.5 Å². The van der Waals surface area contributed by atoms with E-state index in [9.17, 15) is 13.2 Å². The van der Waals surface area contributed by atoms with Crippen LogP contribution < -0.4 is 0 Å². The molecule has 0 unspecified atom stereocenters. The van der Waals surface area contributed by atoms with Crippen molar-refractivity contribution in [3.05, 3.63) is 102 Å². The molecule has 1 heterocycles. The van der Waals surface area contributed by atoms with E-state index in [2.05, 4.69) is 56.1 Å². The van der Waals surface area contributed by atoms with E-state index in [4.69, 9.17) is 0 Å². The summed E-state index contributed by atoms with van der Waals surface area (Å²) in [6, 6.07) is 24.4. The van der Waals surface area contributed by atoms with Crippen LogP contribution in [0.1, 0.15) is 51.3 Å². The molecule has 0 fully saturated rings. The summed E-state index contributed by atoms with van der Waals surface area (Å²) in [5.41, 5.74) is 4.46. The van der Waals surface area contributed by atoms with Gasteiger partial charge < -0.3 is 9.88 Å². The summed E-state index contributed by atoms with van der Waals surface area (Å²) in [5, 5.41) is 1.13. The molecule has 206 valence electrons. The predicted molar refractivity (Wildman–Crippen MR) is 158 cm³/mol. The van der Waals surface area contributed by atoms with Gasteiger partial charge in [-0.2, -0.15) is 4.31 Å². The highest BCUT2D eigenvalue weighted by Gasteiger charge is 2.30. The van der Waals surface area contributed by atoms with Crippen molar-refractivity contribution in [1.82, 2.24) is 14.2 Å². The number of aromatic nitrogens is 1. The number of para-hydroxylation sites is 1. The molecule has 0 bridgehead atoms. The predicted octanol–water partition coefficient (Wildman–Crippen LogP) is 6.14. The molecule has 4 aromatic rings. The van der Waals surface area contributed by atoms with Gasteiger partial charge in [0.2, 0.25) is 15.9 Å². The van der Waals surface area contributed by atoms with Crippen LogP contribution in [0.3, 0.4) is 0 Å². The van der Waals surface area contributed by atoms with Crippen molar-refractivity contribution in [2.45, 2.75) is 63.9 Å². The molecule has 0 aliphatic heterocycles. The molecule has 0 spiro atoms. The largest absolute Gasteiger partial charge is 0.361 e. The lowest BCUT2D eigenvalue weighted by Gasteiger charge is -2.30. The average Bonchev–Trinajstić information content (AvgIpc) is 3.32. The third kappa shape index (κ3) is 6.78. The molecule has 1 aromatic heterocycles. The molecule has 7 heteroatoms. The van der Waals surface area contributed by atoms with Crippen LogP contribution in [-0.4, -0.2) is 47.6 Å². The molecule has 0 saturated carbocycles. The normalized spacial score (nSPS) is 12.4. The number of nitrogens with one attached hydrogen (secondary N) is 1. The van der Waals surface area contributed by atoms with Crippen LogP contribution in [0.15, 0.2) is 90.0 Å². The Kier molecular flexibility index (Phi) is 8.62. The minimum absolute atomic E-state index is 0.0347. The fourth-order valence-electron chi connectivity index (χ4n) is 4.72. The van der Waals surface area contributed by atoms with E-state index >= 15 is 0 Å². The van der Waals surface area contributed by atoms with Gasteiger partial charge in [-0.3, -0.25) is 4.79 Å². The van der Waals surface area contributed by atoms with Gasteiger partial charge in [0.1, 0.15) is 0 Å². The lowest BCUT2D eigenvalue weighted by molar-refractivity contribution is -0.132. The summed E-state index contributed by atoms with van der Waals surface area (Å²) < 4.78 is 28.2. The minimum atomic E-state index is -3.83. The van der Waals surface area contributed by atoms with Gasteiger partial charge in [-0.25, -0.2) is 8.42 Å². The standard InChI is InChI=1S/C32H39N3O3S/c1-24(2)35(39(37,38)28-11-7-6-8-12-28)23-31(36)34(22-25-15-17-27(18-16-25)32(3,4)5)20-19-26-21-33-30-14-10-9-13-29(26)30/h6-18,21,24,33H,19-20,22-23H2,1-5H3. The first-order valence-electron chi connectivity index (χ1n) is 13.5. The highest BCUT2D eigenvalue weighted by atomic mass is 32.2. The third-order valence-electron chi connectivity index (χ3n) is 7.09. The number of hydrogen-bond acceptors (Lipinski definition) is 3. The van der Waals surface area contributed by atoms with Crippen molar-refractivity contribution in [3.8, 4) is 0 Å². The summed E-state index contributed by atoms with van der Waals surface area (Å²) in [6.07, 6.45) is 2.65. The van der Waals surface area contributed by atoms with Gasteiger partial charge in [-0.1, -0.05) is 81.4 Å². The molecule has 39 heavy (non-hydrogen) atoms. The van der Waals surface area contributed by atoms with Crippen molar-refractivity contribution < 1.29 is 13.2 Å². The van der Waals surface area contributed by atoms with Crippen LogP contribution in [-0.2, 0) is 33.2 Å². The van der Waals surface area contributed by atoms with Crippen molar-refractivity contribution in [1.29, 1.82) is 0 Å². The number of fused-ring (bicyclic) bond motifs is 1. The van der Waals surface area contributed by atoms with Crippen molar-refractivity contribution in [3.63, 3.8) is 0 Å². The van der Waals surface area contributed by atoms with Gasteiger partial charge in [0, 0.05) is 36.2 Å². The van der Waals surface area contributed by atoms with Gasteiger partial charge in [0.05, 0.1) is 11.4 Å². The monoisotopic (exact) mass is 545 g/mol. The summed E-state index contributed by atoms with van der Waals surface area (Å²) in [7, 11) is -3.83. The first kappa shape index (κ1) is 28.6. The zero-order valence-electron chi connectivity index (χ0n) is 23.5. The van der Waals surface area contributed by atoms with Gasteiger partial charge in [0.15, 0.2) is 0 Å². The number of carbonyl (C=O) groups is 1. The Hall–Kier alpha value is -3.42. The van der Waals surface area contributed by atoms with Crippen LogP contribution in [0.5, 0.6) is 0 Å². The van der Waals surface area contributed by atoms with Crippen LogP contribution in [0.25, 0.3) is 10.9 Å². The van der Waals surface area contributed by atoms with Crippen LogP contribution in [0, 0.1) is 0 Å². The quantitative estimate of drug-likeness (QED) is 0.260. The molecule has 0 aliphatic rings. The second-order valence-electron chi connectivity index (χ2n) is 11.3. The highest BCUT2D eigenvalue weighted by Crippen LogP contribution is 2.24. The summed E-state index contributed by atoms with van der Waals surface area (Å²) in [5.74, 6) is -0.219. The number of rotatable bonds is 10. The van der Waals surface area contributed by atoms with Crippen LogP contribution in [0.4, 0.5) is 0 Å². The number of sulfonamides is 1. The maximum absolute atomic E-state index is 13.8. The maximum Gasteiger partial charge on any atom is 0.243 e. The molecule has 0 atom stereocenters. The summed E-state index contributed by atoms with van der Waals surface area (Å²) in [4.78, 5) is 19.1. The lowest BCUT2D eigenvalue weighted by Crippen LogP contribution is -2.46. The average molecular weight is 546 g/mol.